The third-order valence-electron chi connectivity index (χ3n) is 3.41. The van der Waals surface area contributed by atoms with Crippen LogP contribution in [-0.2, 0) is 9.59 Å². The SMILES string of the molecule is O=C(CN1C(=O)C(=Cc2cccs2)SC1=S)Nc1ccc(C(=O)O)cc1. The van der Waals surface area contributed by atoms with Crippen LogP contribution in [0.1, 0.15) is 15.2 Å². The number of rotatable bonds is 5. The fourth-order valence-electron chi connectivity index (χ4n) is 2.18. The Morgan fingerprint density at radius 1 is 1.23 bits per heavy atom. The number of benzene rings is 1. The van der Waals surface area contributed by atoms with Gasteiger partial charge in [0.2, 0.25) is 5.91 Å². The summed E-state index contributed by atoms with van der Waals surface area (Å²) in [6.07, 6.45) is 1.76. The van der Waals surface area contributed by atoms with Gasteiger partial charge in [0.15, 0.2) is 0 Å². The lowest BCUT2D eigenvalue weighted by Gasteiger charge is -2.14. The molecule has 1 aliphatic heterocycles. The van der Waals surface area contributed by atoms with Gasteiger partial charge in [-0.3, -0.25) is 14.5 Å². The largest absolute Gasteiger partial charge is 0.478 e. The molecule has 3 rings (SSSR count). The number of carbonyl (C=O) groups is 3. The maximum Gasteiger partial charge on any atom is 0.335 e. The van der Waals surface area contributed by atoms with Gasteiger partial charge in [-0.2, -0.15) is 0 Å². The number of carboxylic acids is 1. The van der Waals surface area contributed by atoms with E-state index in [0.29, 0.717) is 14.9 Å². The lowest BCUT2D eigenvalue weighted by molar-refractivity contribution is -0.126. The fraction of sp³-hybridized carbons (Fsp3) is 0.0588. The molecule has 2 N–H and O–H groups in total. The van der Waals surface area contributed by atoms with Gasteiger partial charge < -0.3 is 10.4 Å². The zero-order valence-electron chi connectivity index (χ0n) is 13.2. The molecular formula is C17H12N2O4S3. The Labute approximate surface area is 162 Å². The van der Waals surface area contributed by atoms with Gasteiger partial charge in [-0.05, 0) is 41.8 Å². The number of hydrogen-bond acceptors (Lipinski definition) is 6. The van der Waals surface area contributed by atoms with E-state index in [1.54, 1.807) is 6.08 Å². The minimum atomic E-state index is -1.04. The standard InChI is InChI=1S/C17H12N2O4S3/c20-14(18-11-5-3-10(4-6-11)16(22)23)9-19-15(21)13(26-17(19)24)8-12-2-1-7-25-12/h1-8H,9H2,(H,18,20)(H,22,23). The molecule has 9 heteroatoms. The monoisotopic (exact) mass is 404 g/mol. The first-order chi connectivity index (χ1) is 12.4. The van der Waals surface area contributed by atoms with Crippen LogP contribution in [0.5, 0.6) is 0 Å². The Balaban J connectivity index is 1.64. The van der Waals surface area contributed by atoms with Crippen LogP contribution in [0.3, 0.4) is 0 Å². The molecule has 1 aromatic carbocycles. The summed E-state index contributed by atoms with van der Waals surface area (Å²) in [5.41, 5.74) is 0.568. The van der Waals surface area contributed by atoms with Crippen molar-refractivity contribution in [2.75, 3.05) is 11.9 Å². The van der Waals surface area contributed by atoms with E-state index in [0.717, 1.165) is 16.6 Å². The van der Waals surface area contributed by atoms with Crippen molar-refractivity contribution in [3.63, 3.8) is 0 Å². The summed E-state index contributed by atoms with van der Waals surface area (Å²) < 4.78 is 0.328. The number of carbonyl (C=O) groups excluding carboxylic acids is 2. The summed E-state index contributed by atoms with van der Waals surface area (Å²) >= 11 is 7.88. The molecule has 2 aromatic rings. The normalized spacial score (nSPS) is 15.5. The highest BCUT2D eigenvalue weighted by atomic mass is 32.2. The Hall–Kier alpha value is -2.49. The van der Waals surface area contributed by atoms with Crippen molar-refractivity contribution in [2.45, 2.75) is 0 Å². The zero-order valence-corrected chi connectivity index (χ0v) is 15.6. The van der Waals surface area contributed by atoms with E-state index in [1.165, 1.54) is 40.5 Å². The zero-order chi connectivity index (χ0) is 18.7. The summed E-state index contributed by atoms with van der Waals surface area (Å²) in [6.45, 7) is -0.201. The van der Waals surface area contributed by atoms with Gasteiger partial charge in [0.25, 0.3) is 5.91 Å². The van der Waals surface area contributed by atoms with Crippen LogP contribution in [0.4, 0.5) is 5.69 Å². The molecule has 0 spiro atoms. The van der Waals surface area contributed by atoms with E-state index in [9.17, 15) is 14.4 Å². The summed E-state index contributed by atoms with van der Waals surface area (Å²) in [5.74, 6) is -1.76. The molecule has 2 amide bonds. The quantitative estimate of drug-likeness (QED) is 0.587. The van der Waals surface area contributed by atoms with Crippen molar-refractivity contribution >= 4 is 69.2 Å². The number of nitrogens with one attached hydrogen (secondary N) is 1. The van der Waals surface area contributed by atoms with Crippen LogP contribution in [-0.4, -0.2) is 38.7 Å². The number of amides is 2. The molecule has 1 aliphatic rings. The number of carboxylic acid groups (broad SMARTS) is 1. The van der Waals surface area contributed by atoms with E-state index < -0.39 is 11.9 Å². The molecule has 0 bridgehead atoms. The number of anilines is 1. The average molecular weight is 404 g/mol. The topological polar surface area (TPSA) is 86.7 Å². The molecule has 0 aliphatic carbocycles. The third kappa shape index (κ3) is 4.18. The molecule has 0 atom stereocenters. The van der Waals surface area contributed by atoms with Crippen LogP contribution in [0.2, 0.25) is 0 Å². The minimum absolute atomic E-state index is 0.124. The van der Waals surface area contributed by atoms with Crippen molar-refractivity contribution in [3.8, 4) is 0 Å². The van der Waals surface area contributed by atoms with Crippen molar-refractivity contribution < 1.29 is 19.5 Å². The Morgan fingerprint density at radius 2 is 1.96 bits per heavy atom. The molecule has 0 unspecified atom stereocenters. The van der Waals surface area contributed by atoms with Crippen molar-refractivity contribution in [3.05, 3.63) is 57.1 Å². The second-order valence-electron chi connectivity index (χ2n) is 5.21. The van der Waals surface area contributed by atoms with Gasteiger partial charge in [0.05, 0.1) is 10.5 Å². The summed E-state index contributed by atoms with van der Waals surface area (Å²) in [7, 11) is 0. The van der Waals surface area contributed by atoms with E-state index in [1.807, 2.05) is 17.5 Å². The highest BCUT2D eigenvalue weighted by molar-refractivity contribution is 8.26. The molecule has 1 saturated heterocycles. The molecule has 0 saturated carbocycles. The fourth-order valence-corrected chi connectivity index (χ4v) is 4.16. The molecule has 132 valence electrons. The molecule has 1 aromatic heterocycles. The molecular weight excluding hydrogens is 392 g/mol. The van der Waals surface area contributed by atoms with Crippen LogP contribution < -0.4 is 5.32 Å². The molecule has 6 nitrogen and oxygen atoms in total. The number of thiophene rings is 1. The summed E-state index contributed by atoms with van der Waals surface area (Å²) in [5, 5.41) is 13.4. The minimum Gasteiger partial charge on any atom is -0.478 e. The second kappa shape index (κ2) is 7.81. The average Bonchev–Trinajstić information content (AvgIpc) is 3.20. The van der Waals surface area contributed by atoms with Crippen molar-refractivity contribution in [1.29, 1.82) is 0 Å². The van der Waals surface area contributed by atoms with E-state index in [4.69, 9.17) is 17.3 Å². The van der Waals surface area contributed by atoms with Crippen LogP contribution >= 0.6 is 35.3 Å². The summed E-state index contributed by atoms with van der Waals surface area (Å²) in [6, 6.07) is 9.54. The molecule has 1 fully saturated rings. The van der Waals surface area contributed by atoms with Gasteiger partial charge in [-0.15, -0.1) is 11.3 Å². The van der Waals surface area contributed by atoms with Gasteiger partial charge in [-0.1, -0.05) is 30.0 Å². The van der Waals surface area contributed by atoms with Gasteiger partial charge in [0.1, 0.15) is 10.9 Å². The second-order valence-corrected chi connectivity index (χ2v) is 7.87. The van der Waals surface area contributed by atoms with E-state index in [2.05, 4.69) is 5.32 Å². The Morgan fingerprint density at radius 3 is 2.58 bits per heavy atom. The first-order valence-corrected chi connectivity index (χ1v) is 9.46. The van der Waals surface area contributed by atoms with Crippen molar-refractivity contribution in [2.24, 2.45) is 0 Å². The highest BCUT2D eigenvalue weighted by Crippen LogP contribution is 2.33. The van der Waals surface area contributed by atoms with Gasteiger partial charge >= 0.3 is 5.97 Å². The third-order valence-corrected chi connectivity index (χ3v) is 5.60. The van der Waals surface area contributed by atoms with Crippen LogP contribution in [0.15, 0.2) is 46.7 Å². The summed E-state index contributed by atoms with van der Waals surface area (Å²) in [4.78, 5) is 38.2. The number of hydrogen-bond donors (Lipinski definition) is 2. The maximum absolute atomic E-state index is 12.5. The smallest absolute Gasteiger partial charge is 0.335 e. The van der Waals surface area contributed by atoms with Gasteiger partial charge in [-0.25, -0.2) is 4.79 Å². The van der Waals surface area contributed by atoms with E-state index in [-0.39, 0.29) is 18.0 Å². The Kier molecular flexibility index (Phi) is 5.50. The predicted molar refractivity (Wildman–Crippen MR) is 106 cm³/mol. The van der Waals surface area contributed by atoms with Crippen molar-refractivity contribution in [1.82, 2.24) is 4.90 Å². The first-order valence-electron chi connectivity index (χ1n) is 7.36. The first kappa shape index (κ1) is 18.3. The predicted octanol–water partition coefficient (Wildman–Crippen LogP) is 3.29. The van der Waals surface area contributed by atoms with E-state index >= 15 is 0 Å². The highest BCUT2D eigenvalue weighted by Gasteiger charge is 2.33. The number of thiocarbonyl (C=S) groups is 1. The number of thioether (sulfide) groups is 1. The van der Waals surface area contributed by atoms with Crippen LogP contribution in [0.25, 0.3) is 6.08 Å². The van der Waals surface area contributed by atoms with Gasteiger partial charge in [0, 0.05) is 10.6 Å². The molecule has 0 radical (unpaired) electrons. The molecule has 2 heterocycles. The lowest BCUT2D eigenvalue weighted by Crippen LogP contribution is -2.36. The lowest BCUT2D eigenvalue weighted by atomic mass is 10.2. The maximum atomic E-state index is 12.5. The molecule has 26 heavy (non-hydrogen) atoms. The number of aromatic carboxylic acids is 1. The Bertz CT molecular complexity index is 905. The van der Waals surface area contributed by atoms with Crippen LogP contribution in [0, 0.1) is 0 Å². The number of nitrogens with zero attached hydrogens (tertiary/aromatic N) is 1.